The lowest BCUT2D eigenvalue weighted by Crippen LogP contribution is -2.31. The average molecular weight is 221 g/mol. The zero-order valence-electron chi connectivity index (χ0n) is 9.92. The maximum absolute atomic E-state index is 11.7. The van der Waals surface area contributed by atoms with Crippen molar-refractivity contribution >= 4 is 9.84 Å². The van der Waals surface area contributed by atoms with Gasteiger partial charge >= 0.3 is 0 Å². The molecule has 0 saturated carbocycles. The third-order valence-corrected chi connectivity index (χ3v) is 5.00. The maximum atomic E-state index is 11.7. The zero-order chi connectivity index (χ0) is 11.4. The number of sulfone groups is 1. The molecule has 3 nitrogen and oxygen atoms in total. The first-order valence-electron chi connectivity index (χ1n) is 5.07. The lowest BCUT2D eigenvalue weighted by molar-refractivity contribution is 0.511. The Balaban J connectivity index is 4.14. The van der Waals surface area contributed by atoms with Gasteiger partial charge in [0.1, 0.15) is 0 Å². The first-order chi connectivity index (χ1) is 6.20. The highest BCUT2D eigenvalue weighted by molar-refractivity contribution is 7.92. The highest BCUT2D eigenvalue weighted by Gasteiger charge is 2.28. The van der Waals surface area contributed by atoms with E-state index in [2.05, 4.69) is 12.2 Å². The Bertz CT molecular complexity index is 252. The Labute approximate surface area is 88.2 Å². The summed E-state index contributed by atoms with van der Waals surface area (Å²) in [6.07, 6.45) is 0.737. The lowest BCUT2D eigenvalue weighted by atomic mass is 10.1. The van der Waals surface area contributed by atoms with Crippen LogP contribution in [0.2, 0.25) is 0 Å². The van der Waals surface area contributed by atoms with Crippen molar-refractivity contribution in [3.05, 3.63) is 0 Å². The van der Waals surface area contributed by atoms with E-state index in [1.165, 1.54) is 0 Å². The van der Waals surface area contributed by atoms with Gasteiger partial charge in [0.05, 0.1) is 10.5 Å². The van der Waals surface area contributed by atoms with Crippen LogP contribution in [-0.2, 0) is 9.84 Å². The first-order valence-corrected chi connectivity index (χ1v) is 6.73. The molecule has 0 saturated heterocycles. The van der Waals surface area contributed by atoms with Gasteiger partial charge < -0.3 is 5.32 Å². The summed E-state index contributed by atoms with van der Waals surface area (Å²) < 4.78 is 22.9. The molecule has 1 N–H and O–H groups in total. The second kappa shape index (κ2) is 5.12. The molecule has 0 aliphatic rings. The van der Waals surface area contributed by atoms with Crippen LogP contribution in [0.15, 0.2) is 0 Å². The molecule has 0 radical (unpaired) electrons. The summed E-state index contributed by atoms with van der Waals surface area (Å²) in [6, 6.07) is 0. The van der Waals surface area contributed by atoms with Crippen molar-refractivity contribution < 1.29 is 8.42 Å². The van der Waals surface area contributed by atoms with Crippen LogP contribution in [0.4, 0.5) is 0 Å². The summed E-state index contributed by atoms with van der Waals surface area (Å²) >= 11 is 0. The smallest absolute Gasteiger partial charge is 0.155 e. The average Bonchev–Trinajstić information content (AvgIpc) is 1.99. The standard InChI is InChI=1S/C10H23NO2S/c1-9(8-11-5)6-7-14(12,13)10(2,3)4/h9,11H,6-8H2,1-5H3. The van der Waals surface area contributed by atoms with E-state index < -0.39 is 14.6 Å². The molecule has 1 atom stereocenters. The summed E-state index contributed by atoms with van der Waals surface area (Å²) in [5.74, 6) is 0.705. The highest BCUT2D eigenvalue weighted by atomic mass is 32.2. The van der Waals surface area contributed by atoms with Crippen LogP contribution in [0, 0.1) is 5.92 Å². The van der Waals surface area contributed by atoms with E-state index in [0.717, 1.165) is 13.0 Å². The summed E-state index contributed by atoms with van der Waals surface area (Å²) in [5, 5.41) is 3.05. The van der Waals surface area contributed by atoms with Crippen LogP contribution in [-0.4, -0.2) is 32.5 Å². The van der Waals surface area contributed by atoms with Crippen LogP contribution >= 0.6 is 0 Å². The number of hydrogen-bond donors (Lipinski definition) is 1. The summed E-state index contributed by atoms with van der Waals surface area (Å²) in [5.41, 5.74) is 0. The van der Waals surface area contributed by atoms with Crippen molar-refractivity contribution in [1.82, 2.24) is 5.32 Å². The summed E-state index contributed by atoms with van der Waals surface area (Å²) in [6.45, 7) is 8.20. The molecule has 0 bridgehead atoms. The van der Waals surface area contributed by atoms with Crippen molar-refractivity contribution in [3.8, 4) is 0 Å². The van der Waals surface area contributed by atoms with E-state index in [-0.39, 0.29) is 0 Å². The molecule has 0 spiro atoms. The molecule has 0 rings (SSSR count). The second-order valence-electron chi connectivity index (χ2n) is 4.88. The second-order valence-corrected chi connectivity index (χ2v) is 7.75. The monoisotopic (exact) mass is 221 g/mol. The maximum Gasteiger partial charge on any atom is 0.155 e. The molecule has 0 heterocycles. The van der Waals surface area contributed by atoms with Crippen LogP contribution in [0.3, 0.4) is 0 Å². The summed E-state index contributed by atoms with van der Waals surface area (Å²) in [4.78, 5) is 0. The van der Waals surface area contributed by atoms with Crippen LogP contribution in [0.25, 0.3) is 0 Å². The van der Waals surface area contributed by atoms with Gasteiger partial charge in [-0.05, 0) is 46.7 Å². The fraction of sp³-hybridized carbons (Fsp3) is 1.00. The predicted octanol–water partition coefficient (Wildman–Crippen LogP) is 1.45. The fourth-order valence-electron chi connectivity index (χ4n) is 1.11. The third kappa shape index (κ3) is 4.42. The Kier molecular flexibility index (Phi) is 5.09. The predicted molar refractivity (Wildman–Crippen MR) is 61.2 cm³/mol. The molecular weight excluding hydrogens is 198 g/mol. The molecule has 0 fully saturated rings. The van der Waals surface area contributed by atoms with Crippen LogP contribution in [0.5, 0.6) is 0 Å². The number of rotatable bonds is 5. The Morgan fingerprint density at radius 1 is 1.29 bits per heavy atom. The fourth-order valence-corrected chi connectivity index (χ4v) is 2.44. The van der Waals surface area contributed by atoms with Crippen LogP contribution < -0.4 is 5.32 Å². The minimum absolute atomic E-state index is 0.291. The van der Waals surface area contributed by atoms with E-state index in [1.54, 1.807) is 20.8 Å². The topological polar surface area (TPSA) is 46.2 Å². The minimum atomic E-state index is -2.94. The normalized spacial score (nSPS) is 15.5. The number of nitrogens with one attached hydrogen (secondary N) is 1. The van der Waals surface area contributed by atoms with Gasteiger partial charge in [0, 0.05) is 0 Å². The SMILES string of the molecule is CNCC(C)CCS(=O)(=O)C(C)(C)C. The van der Waals surface area contributed by atoms with Crippen molar-refractivity contribution in [2.75, 3.05) is 19.3 Å². The lowest BCUT2D eigenvalue weighted by Gasteiger charge is -2.20. The van der Waals surface area contributed by atoms with Gasteiger partial charge in [-0.2, -0.15) is 0 Å². The van der Waals surface area contributed by atoms with Gasteiger partial charge in [0.15, 0.2) is 9.84 Å². The van der Waals surface area contributed by atoms with Gasteiger partial charge in [-0.1, -0.05) is 6.92 Å². The zero-order valence-corrected chi connectivity index (χ0v) is 10.7. The van der Waals surface area contributed by atoms with Crippen molar-refractivity contribution in [3.63, 3.8) is 0 Å². The van der Waals surface area contributed by atoms with Gasteiger partial charge in [-0.25, -0.2) is 8.42 Å². The van der Waals surface area contributed by atoms with Crippen molar-refractivity contribution in [2.45, 2.75) is 38.9 Å². The molecule has 1 unspecified atom stereocenters. The van der Waals surface area contributed by atoms with E-state index >= 15 is 0 Å². The van der Waals surface area contributed by atoms with Crippen molar-refractivity contribution in [1.29, 1.82) is 0 Å². The quantitative estimate of drug-likeness (QED) is 0.764. The van der Waals surface area contributed by atoms with E-state index in [0.29, 0.717) is 11.7 Å². The first kappa shape index (κ1) is 13.9. The Hall–Kier alpha value is -0.0900. The van der Waals surface area contributed by atoms with Gasteiger partial charge in [0.25, 0.3) is 0 Å². The molecule has 14 heavy (non-hydrogen) atoms. The largest absolute Gasteiger partial charge is 0.319 e. The molecule has 4 heteroatoms. The van der Waals surface area contributed by atoms with Gasteiger partial charge in [0.2, 0.25) is 0 Å². The highest BCUT2D eigenvalue weighted by Crippen LogP contribution is 2.18. The molecule has 0 aliphatic carbocycles. The van der Waals surface area contributed by atoms with E-state index in [1.807, 2.05) is 7.05 Å². The third-order valence-electron chi connectivity index (χ3n) is 2.36. The minimum Gasteiger partial charge on any atom is -0.319 e. The molecule has 0 aliphatic heterocycles. The van der Waals surface area contributed by atoms with Crippen LogP contribution in [0.1, 0.15) is 34.1 Å². The molecule has 0 aromatic heterocycles. The van der Waals surface area contributed by atoms with Gasteiger partial charge in [-0.15, -0.1) is 0 Å². The number of hydrogen-bond acceptors (Lipinski definition) is 3. The van der Waals surface area contributed by atoms with Gasteiger partial charge in [-0.3, -0.25) is 0 Å². The Morgan fingerprint density at radius 3 is 2.14 bits per heavy atom. The molecular formula is C10H23NO2S. The summed E-state index contributed by atoms with van der Waals surface area (Å²) in [7, 11) is -1.06. The Morgan fingerprint density at radius 2 is 1.79 bits per heavy atom. The molecule has 0 aromatic carbocycles. The van der Waals surface area contributed by atoms with E-state index in [4.69, 9.17) is 0 Å². The van der Waals surface area contributed by atoms with E-state index in [9.17, 15) is 8.42 Å². The molecule has 0 aromatic rings. The molecule has 86 valence electrons. The van der Waals surface area contributed by atoms with Crippen molar-refractivity contribution in [2.24, 2.45) is 5.92 Å². The molecule has 0 amide bonds.